The Bertz CT molecular complexity index is 3000. The maximum Gasteiger partial charge on any atom is 0.261 e. The Labute approximate surface area is 416 Å². The fraction of sp³-hybridized carbons (Fsp3) is 0.333. The molecule has 0 saturated heterocycles. The number of fused-ring (bicyclic) bond motifs is 7. The van der Waals surface area contributed by atoms with Gasteiger partial charge in [-0.3, -0.25) is 48.6 Å². The molecule has 5 N–H and O–H groups in total. The molecule has 4 atom stereocenters. The van der Waals surface area contributed by atoms with Gasteiger partial charge in [0.2, 0.25) is 23.6 Å². The number of rotatable bonds is 18. The van der Waals surface area contributed by atoms with Gasteiger partial charge in [-0.1, -0.05) is 24.3 Å². The number of para-hydroxylation sites is 1. The Morgan fingerprint density at radius 2 is 1.32 bits per heavy atom. The van der Waals surface area contributed by atoms with Crippen molar-refractivity contribution in [2.24, 2.45) is 15.7 Å². The molecular weight excluding hydrogens is 921 g/mol. The van der Waals surface area contributed by atoms with Crippen LogP contribution in [0.5, 0.6) is 23.0 Å². The summed E-state index contributed by atoms with van der Waals surface area (Å²) in [7, 11) is 2.99. The number of amides is 6. The third-order valence-corrected chi connectivity index (χ3v) is 13.3. The van der Waals surface area contributed by atoms with Crippen molar-refractivity contribution in [1.29, 1.82) is 0 Å². The first-order chi connectivity index (χ1) is 34.8. The molecule has 0 radical (unpaired) electrons. The van der Waals surface area contributed by atoms with Gasteiger partial charge in [-0.25, -0.2) is 0 Å². The Kier molecular flexibility index (Phi) is 14.2. The summed E-state index contributed by atoms with van der Waals surface area (Å²) in [4.78, 5) is 91.5. The molecule has 18 nitrogen and oxygen atoms in total. The van der Waals surface area contributed by atoms with Crippen molar-refractivity contribution in [2.75, 3.05) is 24.4 Å². The van der Waals surface area contributed by atoms with Gasteiger partial charge in [0.1, 0.15) is 25.3 Å². The van der Waals surface area contributed by atoms with E-state index in [2.05, 4.69) is 22.0 Å². The van der Waals surface area contributed by atoms with Crippen LogP contribution in [0.3, 0.4) is 0 Å². The minimum absolute atomic E-state index is 0.0227. The van der Waals surface area contributed by atoms with Gasteiger partial charge in [-0.05, 0) is 111 Å². The second kappa shape index (κ2) is 21.0. The fourth-order valence-corrected chi connectivity index (χ4v) is 9.58. The molecule has 5 aliphatic rings. The van der Waals surface area contributed by atoms with Gasteiger partial charge >= 0.3 is 0 Å². The molecule has 72 heavy (non-hydrogen) atoms. The Morgan fingerprint density at radius 3 is 1.96 bits per heavy atom. The molecule has 9 rings (SSSR count). The predicted octanol–water partition coefficient (Wildman–Crippen LogP) is 6.68. The number of anilines is 2. The third-order valence-electron chi connectivity index (χ3n) is 13.3. The van der Waals surface area contributed by atoms with Crippen molar-refractivity contribution in [1.82, 2.24) is 15.5 Å². The zero-order chi connectivity index (χ0) is 50.6. The number of hydrogen-bond acceptors (Lipinski definition) is 12. The van der Waals surface area contributed by atoms with Crippen molar-refractivity contribution in [2.45, 2.75) is 103 Å². The summed E-state index contributed by atoms with van der Waals surface area (Å²) in [6, 6.07) is 17.3. The molecule has 0 aromatic heterocycles. The van der Waals surface area contributed by atoms with Crippen molar-refractivity contribution >= 4 is 70.6 Å². The lowest BCUT2D eigenvalue weighted by atomic mass is 10.0. The zero-order valence-electron chi connectivity index (χ0n) is 40.5. The number of primary amides is 1. The van der Waals surface area contributed by atoms with E-state index in [0.29, 0.717) is 81.6 Å². The average Bonchev–Trinajstić information content (AvgIpc) is 3.86. The molecule has 18 heteroatoms. The van der Waals surface area contributed by atoms with E-state index in [9.17, 15) is 28.8 Å². The molecule has 0 fully saturated rings. The van der Waals surface area contributed by atoms with Gasteiger partial charge in [0.05, 0.1) is 48.8 Å². The van der Waals surface area contributed by atoms with Crippen LogP contribution in [0.1, 0.15) is 96.2 Å². The van der Waals surface area contributed by atoms with Crippen LogP contribution < -0.4 is 45.5 Å². The number of nitrogens with one attached hydrogen (secondary N) is 3. The monoisotopic (exact) mass is 976 g/mol. The first kappa shape index (κ1) is 48.7. The van der Waals surface area contributed by atoms with Crippen LogP contribution in [0, 0.1) is 0 Å². The highest BCUT2D eigenvalue weighted by molar-refractivity contribution is 6.15. The van der Waals surface area contributed by atoms with E-state index in [-0.39, 0.29) is 55.9 Å². The number of ether oxygens (including phenoxy) is 4. The number of methoxy groups -OCH3 is 2. The average molecular weight is 977 g/mol. The molecule has 3 unspecified atom stereocenters. The number of unbranched alkanes of at least 4 members (excludes halogenated alkanes) is 1. The summed E-state index contributed by atoms with van der Waals surface area (Å²) >= 11 is 0. The smallest absolute Gasteiger partial charge is 0.261 e. The maximum absolute atomic E-state index is 14.1. The van der Waals surface area contributed by atoms with Crippen molar-refractivity contribution in [3.8, 4) is 23.0 Å². The Morgan fingerprint density at radius 1 is 0.722 bits per heavy atom. The van der Waals surface area contributed by atoms with E-state index in [1.807, 2.05) is 47.5 Å². The molecule has 6 amide bonds. The molecule has 4 aromatic rings. The van der Waals surface area contributed by atoms with Crippen molar-refractivity contribution in [3.05, 3.63) is 118 Å². The number of nitrogens with two attached hydrogens (primary N) is 1. The zero-order valence-corrected chi connectivity index (χ0v) is 40.5. The van der Waals surface area contributed by atoms with Crippen LogP contribution in [0.4, 0.5) is 22.7 Å². The molecule has 0 saturated carbocycles. The Hall–Kier alpha value is -8.28. The van der Waals surface area contributed by atoms with Crippen LogP contribution in [0.15, 0.2) is 100 Å². The van der Waals surface area contributed by atoms with Gasteiger partial charge in [0.25, 0.3) is 11.8 Å². The van der Waals surface area contributed by atoms with Crippen LogP contribution >= 0.6 is 0 Å². The number of aliphatic imine (C=N–C) groups is 2. The minimum atomic E-state index is -1.02. The van der Waals surface area contributed by atoms with Gasteiger partial charge in [-0.2, -0.15) is 0 Å². The number of carbonyl (C=O) groups excluding carboxylic acids is 6. The fourth-order valence-electron chi connectivity index (χ4n) is 9.58. The Balaban J connectivity index is 0.940. The first-order valence-corrected chi connectivity index (χ1v) is 24.0. The van der Waals surface area contributed by atoms with E-state index in [0.717, 1.165) is 36.2 Å². The van der Waals surface area contributed by atoms with Gasteiger partial charge in [0.15, 0.2) is 23.0 Å². The molecule has 4 heterocycles. The van der Waals surface area contributed by atoms with Gasteiger partial charge in [0, 0.05) is 60.9 Å². The van der Waals surface area contributed by atoms with Crippen LogP contribution in [-0.4, -0.2) is 91.2 Å². The summed E-state index contributed by atoms with van der Waals surface area (Å²) in [6.45, 7) is 2.98. The second-order valence-electron chi connectivity index (χ2n) is 18.3. The predicted molar refractivity (Wildman–Crippen MR) is 270 cm³/mol. The number of carbonyl (C=O) groups is 6. The lowest BCUT2D eigenvalue weighted by Crippen LogP contribution is -2.50. The van der Waals surface area contributed by atoms with E-state index in [4.69, 9.17) is 34.7 Å². The van der Waals surface area contributed by atoms with E-state index >= 15 is 0 Å². The molecule has 1 aliphatic carbocycles. The largest absolute Gasteiger partial charge is 0.493 e. The van der Waals surface area contributed by atoms with Crippen LogP contribution in [0.2, 0.25) is 0 Å². The first-order valence-electron chi connectivity index (χ1n) is 24.0. The summed E-state index contributed by atoms with van der Waals surface area (Å²) < 4.78 is 24.3. The molecule has 0 spiro atoms. The molecular formula is C54H56N8O10. The quantitative estimate of drug-likeness (QED) is 0.0773. The number of benzene rings is 4. The second-order valence-corrected chi connectivity index (χ2v) is 18.3. The summed E-state index contributed by atoms with van der Waals surface area (Å²) in [6.07, 6.45) is 12.1. The maximum atomic E-state index is 14.1. The normalized spacial score (nSPS) is 17.8. The molecule has 372 valence electrons. The molecule has 4 aromatic carbocycles. The number of allylic oxidation sites excluding steroid dienone is 2. The lowest BCUT2D eigenvalue weighted by Gasteiger charge is -2.24. The standard InChI is InChI=1S/C54H56N8O10/c1-30(58-50(64)16-10-9-15-49(55)63)51(65)59-31(2)52(66)60-36-18-32(28-71-47-24-41-39(22-45(47)69-3)53(67)61-37(26-56-41)20-34-11-5-7-13-43(34)61)17-33(19-36)29-72-48-25-42-40(23-46(48)70-4)54(68)62-38(27-57-42)21-35-12-6-8-14-44(35)62/h5,7-8,11,13-14,17-19,22-27,30-31,37-38H,6,9-10,12,15-16,20-21,28-29H2,1-4H3,(H2,55,63)(H,58,64)(H,59,65)(H,60,66)/t30?,31?,37-,38?/m0/s1. The van der Waals surface area contributed by atoms with Crippen LogP contribution in [0.25, 0.3) is 0 Å². The third kappa shape index (κ3) is 10.3. The van der Waals surface area contributed by atoms with Gasteiger partial charge < -0.3 is 40.6 Å². The highest BCUT2D eigenvalue weighted by Gasteiger charge is 2.39. The number of nitrogens with zero attached hydrogens (tertiary/aromatic N) is 4. The SMILES string of the molecule is COc1cc2c(cc1OCc1cc(COc3cc4c(cc3OC)C(=O)N3c5ccccc5C[C@H]3C=N4)cc(NC(=O)C(C)NC(=O)C(C)NC(=O)CCCCC(N)=O)c1)N=CC1CC3=C(C=CCC3)N1C2=O. The van der Waals surface area contributed by atoms with E-state index in [1.165, 1.54) is 33.6 Å². The van der Waals surface area contributed by atoms with E-state index in [1.54, 1.807) is 47.5 Å². The summed E-state index contributed by atoms with van der Waals surface area (Å²) in [5.41, 5.74) is 12.5. The highest BCUT2D eigenvalue weighted by Crippen LogP contribution is 2.44. The number of hydrogen-bond donors (Lipinski definition) is 4. The highest BCUT2D eigenvalue weighted by atomic mass is 16.5. The van der Waals surface area contributed by atoms with Gasteiger partial charge in [-0.15, -0.1) is 0 Å². The molecule has 0 bridgehead atoms. The van der Waals surface area contributed by atoms with Crippen molar-refractivity contribution < 1.29 is 47.7 Å². The van der Waals surface area contributed by atoms with E-state index < -0.39 is 29.8 Å². The summed E-state index contributed by atoms with van der Waals surface area (Å²) in [5, 5.41) is 8.17. The topological polar surface area (TPSA) is 233 Å². The van der Waals surface area contributed by atoms with Crippen LogP contribution in [-0.2, 0) is 38.8 Å². The molecule has 4 aliphatic heterocycles. The lowest BCUT2D eigenvalue weighted by molar-refractivity contribution is -0.130. The minimum Gasteiger partial charge on any atom is -0.493 e. The summed E-state index contributed by atoms with van der Waals surface area (Å²) in [5.74, 6) is -0.993. The van der Waals surface area contributed by atoms with Crippen molar-refractivity contribution in [3.63, 3.8) is 0 Å².